The fourth-order valence-electron chi connectivity index (χ4n) is 1.57. The van der Waals surface area contributed by atoms with Gasteiger partial charge in [-0.15, -0.1) is 46.4 Å². The average molecular weight is 414 g/mol. The molecule has 21 heavy (non-hydrogen) atoms. The van der Waals surface area contributed by atoms with Gasteiger partial charge >= 0.3 is 0 Å². The highest BCUT2D eigenvalue weighted by atomic mass is 35.5. The molecule has 2 unspecified atom stereocenters. The zero-order chi connectivity index (χ0) is 16.0. The number of benzene rings is 1. The molecule has 0 aliphatic rings. The lowest BCUT2D eigenvalue weighted by Gasteiger charge is -2.25. The topological polar surface area (TPSA) is 37.4 Å². The molecule has 120 valence electrons. The Kier molecular flexibility index (Phi) is 8.43. The lowest BCUT2D eigenvalue weighted by molar-refractivity contribution is 0.415. The van der Waals surface area contributed by atoms with Crippen LogP contribution in [0.2, 0.25) is 5.02 Å². The summed E-state index contributed by atoms with van der Waals surface area (Å²) < 4.78 is 26.4. The van der Waals surface area contributed by atoms with Crippen molar-refractivity contribution >= 4 is 68.0 Å². The number of halogens is 5. The third-order valence-electron chi connectivity index (χ3n) is 2.59. The summed E-state index contributed by atoms with van der Waals surface area (Å²) in [6.45, 7) is 0.103. The first kappa shape index (κ1) is 19.6. The molecule has 1 aromatic carbocycles. The summed E-state index contributed by atoms with van der Waals surface area (Å²) in [6.07, 6.45) is 0. The summed E-state index contributed by atoms with van der Waals surface area (Å²) in [5, 5.41) is -0.590. The van der Waals surface area contributed by atoms with Crippen molar-refractivity contribution in [2.24, 2.45) is 0 Å². The highest BCUT2D eigenvalue weighted by Gasteiger charge is 2.28. The van der Waals surface area contributed by atoms with Gasteiger partial charge in [0.15, 0.2) is 0 Å². The van der Waals surface area contributed by atoms with Crippen LogP contribution in [-0.4, -0.2) is 48.3 Å². The van der Waals surface area contributed by atoms with Crippen LogP contribution in [0.5, 0.6) is 0 Å². The predicted octanol–water partition coefficient (Wildman–Crippen LogP) is 4.02. The van der Waals surface area contributed by atoms with Crippen LogP contribution in [0.1, 0.15) is 0 Å². The van der Waals surface area contributed by atoms with E-state index in [-0.39, 0.29) is 29.7 Å². The van der Waals surface area contributed by atoms with Crippen LogP contribution in [0.25, 0.3) is 0 Å². The first-order chi connectivity index (χ1) is 9.81. The highest BCUT2D eigenvalue weighted by molar-refractivity contribution is 7.89. The molecule has 0 fully saturated rings. The van der Waals surface area contributed by atoms with E-state index in [4.69, 9.17) is 58.0 Å². The van der Waals surface area contributed by atoms with E-state index in [1.165, 1.54) is 28.6 Å². The van der Waals surface area contributed by atoms with E-state index in [2.05, 4.69) is 0 Å². The number of hydrogen-bond acceptors (Lipinski definition) is 2. The SMILES string of the molecule is O=S(=O)(c1ccc(Cl)cc1)N(CC(Cl)CCl)CC(Cl)CCl. The summed E-state index contributed by atoms with van der Waals surface area (Å²) >= 11 is 29.0. The second-order valence-electron chi connectivity index (χ2n) is 4.28. The maximum absolute atomic E-state index is 12.6. The van der Waals surface area contributed by atoms with Crippen molar-refractivity contribution in [2.45, 2.75) is 15.6 Å². The van der Waals surface area contributed by atoms with Crippen LogP contribution >= 0.6 is 58.0 Å². The van der Waals surface area contributed by atoms with Gasteiger partial charge in [0.25, 0.3) is 0 Å². The molecular weight excluding hydrogens is 399 g/mol. The third kappa shape index (κ3) is 5.94. The van der Waals surface area contributed by atoms with Gasteiger partial charge in [-0.2, -0.15) is 4.31 Å². The van der Waals surface area contributed by atoms with Crippen LogP contribution in [-0.2, 0) is 10.0 Å². The zero-order valence-corrected chi connectivity index (χ0v) is 15.5. The van der Waals surface area contributed by atoms with E-state index >= 15 is 0 Å². The van der Waals surface area contributed by atoms with Crippen LogP contribution in [0.15, 0.2) is 29.2 Å². The predicted molar refractivity (Wildman–Crippen MR) is 90.9 cm³/mol. The Morgan fingerprint density at radius 3 is 1.76 bits per heavy atom. The van der Waals surface area contributed by atoms with Crippen molar-refractivity contribution < 1.29 is 8.42 Å². The van der Waals surface area contributed by atoms with Crippen molar-refractivity contribution in [1.29, 1.82) is 0 Å². The van der Waals surface area contributed by atoms with E-state index in [1.54, 1.807) is 0 Å². The smallest absolute Gasteiger partial charge is 0.207 e. The van der Waals surface area contributed by atoms with Gasteiger partial charge in [0.1, 0.15) is 0 Å². The van der Waals surface area contributed by atoms with Crippen molar-refractivity contribution in [1.82, 2.24) is 4.31 Å². The summed E-state index contributed by atoms with van der Waals surface area (Å²) in [5.41, 5.74) is 0. The Labute approximate surface area is 150 Å². The van der Waals surface area contributed by atoms with Crippen molar-refractivity contribution in [2.75, 3.05) is 24.8 Å². The normalized spacial score (nSPS) is 15.1. The minimum atomic E-state index is -3.74. The first-order valence-electron chi connectivity index (χ1n) is 5.97. The molecule has 9 heteroatoms. The number of sulfonamides is 1. The molecule has 0 heterocycles. The fourth-order valence-corrected chi connectivity index (χ4v) is 3.91. The molecule has 0 bridgehead atoms. The Morgan fingerprint density at radius 1 is 0.952 bits per heavy atom. The minimum absolute atomic E-state index is 0.0517. The number of hydrogen-bond donors (Lipinski definition) is 0. The second-order valence-corrected chi connectivity index (χ2v) is 8.51. The molecule has 3 nitrogen and oxygen atoms in total. The van der Waals surface area contributed by atoms with Crippen molar-refractivity contribution in [3.8, 4) is 0 Å². The molecule has 0 radical (unpaired) electrons. The monoisotopic (exact) mass is 411 g/mol. The Hall–Kier alpha value is 0.580. The van der Waals surface area contributed by atoms with Gasteiger partial charge in [-0.1, -0.05) is 11.6 Å². The van der Waals surface area contributed by atoms with E-state index in [9.17, 15) is 8.42 Å². The molecule has 0 aliphatic heterocycles. The van der Waals surface area contributed by atoms with Gasteiger partial charge in [-0.25, -0.2) is 8.42 Å². The fraction of sp³-hybridized carbons (Fsp3) is 0.500. The molecule has 0 aromatic heterocycles. The van der Waals surface area contributed by atoms with E-state index < -0.39 is 20.8 Å². The van der Waals surface area contributed by atoms with Crippen LogP contribution in [0.4, 0.5) is 0 Å². The molecule has 1 aromatic rings. The van der Waals surface area contributed by atoms with E-state index in [0.717, 1.165) is 0 Å². The van der Waals surface area contributed by atoms with Crippen LogP contribution in [0.3, 0.4) is 0 Å². The minimum Gasteiger partial charge on any atom is -0.207 e. The molecule has 0 amide bonds. The van der Waals surface area contributed by atoms with Gasteiger partial charge in [0, 0.05) is 29.9 Å². The van der Waals surface area contributed by atoms with Gasteiger partial charge in [0.05, 0.1) is 15.6 Å². The third-order valence-corrected chi connectivity index (χ3v) is 6.33. The van der Waals surface area contributed by atoms with Gasteiger partial charge in [-0.3, -0.25) is 0 Å². The lowest BCUT2D eigenvalue weighted by atomic mass is 10.4. The maximum atomic E-state index is 12.6. The summed E-state index contributed by atoms with van der Waals surface area (Å²) in [7, 11) is -3.74. The Balaban J connectivity index is 3.06. The largest absolute Gasteiger partial charge is 0.243 e. The molecule has 0 aliphatic carbocycles. The standard InChI is InChI=1S/C12H14Cl5NO2S/c13-5-10(16)7-18(8-11(17)6-14)21(19,20)12-3-1-9(15)2-4-12/h1-4,10-11H,5-8H2. The number of nitrogens with zero attached hydrogens (tertiary/aromatic N) is 1. The summed E-state index contributed by atoms with van der Waals surface area (Å²) in [5.74, 6) is 0.254. The molecule has 0 saturated heterocycles. The van der Waals surface area contributed by atoms with E-state index in [1.807, 2.05) is 0 Å². The molecule has 0 spiro atoms. The van der Waals surface area contributed by atoms with Gasteiger partial charge < -0.3 is 0 Å². The van der Waals surface area contributed by atoms with Crippen LogP contribution in [0, 0.1) is 0 Å². The van der Waals surface area contributed by atoms with Crippen molar-refractivity contribution in [3.63, 3.8) is 0 Å². The zero-order valence-electron chi connectivity index (χ0n) is 10.9. The Bertz CT molecular complexity index is 525. The molecular formula is C12H14Cl5NO2S. The highest BCUT2D eigenvalue weighted by Crippen LogP contribution is 2.21. The Morgan fingerprint density at radius 2 is 1.38 bits per heavy atom. The molecule has 2 atom stereocenters. The first-order valence-corrected chi connectivity index (χ1v) is 9.73. The maximum Gasteiger partial charge on any atom is 0.243 e. The number of alkyl halides is 4. The molecule has 0 saturated carbocycles. The van der Waals surface area contributed by atoms with E-state index in [0.29, 0.717) is 5.02 Å². The molecule has 1 rings (SSSR count). The van der Waals surface area contributed by atoms with Gasteiger partial charge in [-0.05, 0) is 24.3 Å². The molecule has 0 N–H and O–H groups in total. The van der Waals surface area contributed by atoms with Crippen molar-refractivity contribution in [3.05, 3.63) is 29.3 Å². The number of rotatable bonds is 8. The quantitative estimate of drug-likeness (QED) is 0.604. The summed E-state index contributed by atoms with van der Waals surface area (Å²) in [6, 6.07) is 5.87. The average Bonchev–Trinajstić information content (AvgIpc) is 2.46. The van der Waals surface area contributed by atoms with Crippen LogP contribution < -0.4 is 0 Å². The summed E-state index contributed by atoms with van der Waals surface area (Å²) in [4.78, 5) is 0.115. The lowest BCUT2D eigenvalue weighted by Crippen LogP contribution is -2.40. The van der Waals surface area contributed by atoms with Gasteiger partial charge in [0.2, 0.25) is 10.0 Å². The second kappa shape index (κ2) is 9.02.